The molecule has 0 atom stereocenters. The number of amides is 1. The fourth-order valence-corrected chi connectivity index (χ4v) is 3.46. The highest BCUT2D eigenvalue weighted by molar-refractivity contribution is 5.95. The molecule has 1 aliphatic rings. The second kappa shape index (κ2) is 7.46. The van der Waals surface area contributed by atoms with E-state index in [4.69, 9.17) is 4.74 Å². The topological polar surface area (TPSA) is 78.5 Å². The van der Waals surface area contributed by atoms with Gasteiger partial charge in [0.2, 0.25) is 5.91 Å². The van der Waals surface area contributed by atoms with Gasteiger partial charge in [-0.3, -0.25) is 4.79 Å². The minimum absolute atomic E-state index is 0.0573. The van der Waals surface area contributed by atoms with Gasteiger partial charge in [0, 0.05) is 17.8 Å². The predicted octanol–water partition coefficient (Wildman–Crippen LogP) is 3.02. The summed E-state index contributed by atoms with van der Waals surface area (Å²) in [4.78, 5) is 24.2. The third kappa shape index (κ3) is 4.53. The number of hydrogen-bond donors (Lipinski definition) is 1. The molecule has 0 unspecified atom stereocenters. The summed E-state index contributed by atoms with van der Waals surface area (Å²) in [6, 6.07) is 5.69. The number of rotatable bonds is 5. The van der Waals surface area contributed by atoms with Gasteiger partial charge in [-0.25, -0.2) is 0 Å². The van der Waals surface area contributed by atoms with E-state index in [2.05, 4.69) is 26.1 Å². The number of hydrogen-bond acceptors (Lipinski definition) is 4. The van der Waals surface area contributed by atoms with Gasteiger partial charge >= 0.3 is 0 Å². The van der Waals surface area contributed by atoms with Crippen LogP contribution in [0, 0.1) is 5.41 Å². The van der Waals surface area contributed by atoms with Crippen LogP contribution in [0.4, 0.5) is 5.69 Å². The lowest BCUT2D eigenvalue weighted by Gasteiger charge is -2.37. The van der Waals surface area contributed by atoms with Crippen LogP contribution in [0.15, 0.2) is 18.2 Å². The number of anilines is 1. The number of methoxy groups -OCH3 is 1. The first kappa shape index (κ1) is 19.3. The van der Waals surface area contributed by atoms with Crippen LogP contribution >= 0.6 is 0 Å². The van der Waals surface area contributed by atoms with E-state index in [1.165, 1.54) is 0 Å². The van der Waals surface area contributed by atoms with Crippen molar-refractivity contribution < 1.29 is 19.4 Å². The number of aliphatic carboxylic acids is 1. The van der Waals surface area contributed by atoms with Crippen LogP contribution in [-0.2, 0) is 15.0 Å². The SMILES string of the molecule is COc1ccc(C(C)(C)C)cc1NC(=O)CC1(C(=O)[O-])CCCCC1. The van der Waals surface area contributed by atoms with Crippen LogP contribution in [0.3, 0.4) is 0 Å². The Morgan fingerprint density at radius 1 is 1.20 bits per heavy atom. The van der Waals surface area contributed by atoms with Gasteiger partial charge in [0.1, 0.15) is 5.75 Å². The van der Waals surface area contributed by atoms with E-state index in [1.54, 1.807) is 7.11 Å². The maximum atomic E-state index is 12.6. The molecular weight excluding hydrogens is 318 g/mol. The number of benzene rings is 1. The Labute approximate surface area is 149 Å². The fraction of sp³-hybridized carbons (Fsp3) is 0.600. The summed E-state index contributed by atoms with van der Waals surface area (Å²) in [5.41, 5.74) is 0.526. The van der Waals surface area contributed by atoms with E-state index in [0.29, 0.717) is 24.3 Å². The van der Waals surface area contributed by atoms with Crippen LogP contribution in [-0.4, -0.2) is 19.0 Å². The van der Waals surface area contributed by atoms with E-state index in [0.717, 1.165) is 24.8 Å². The molecule has 2 rings (SSSR count). The highest BCUT2D eigenvalue weighted by Crippen LogP contribution is 2.39. The molecule has 1 amide bonds. The summed E-state index contributed by atoms with van der Waals surface area (Å²) >= 11 is 0. The minimum Gasteiger partial charge on any atom is -0.550 e. The lowest BCUT2D eigenvalue weighted by molar-refractivity contribution is -0.321. The number of carboxylic acids is 1. The number of carboxylic acid groups (broad SMARTS) is 1. The highest BCUT2D eigenvalue weighted by Gasteiger charge is 2.36. The van der Waals surface area contributed by atoms with E-state index >= 15 is 0 Å². The number of ether oxygens (including phenoxy) is 1. The number of carbonyl (C=O) groups excluding carboxylic acids is 2. The van der Waals surface area contributed by atoms with E-state index < -0.39 is 11.4 Å². The van der Waals surface area contributed by atoms with Crippen molar-refractivity contribution in [3.63, 3.8) is 0 Å². The summed E-state index contributed by atoms with van der Waals surface area (Å²) in [6.07, 6.45) is 3.61. The van der Waals surface area contributed by atoms with Gasteiger partial charge in [0.15, 0.2) is 0 Å². The van der Waals surface area contributed by atoms with Crippen LogP contribution in [0.25, 0.3) is 0 Å². The molecule has 0 saturated heterocycles. The molecule has 1 aliphatic carbocycles. The smallest absolute Gasteiger partial charge is 0.225 e. The first-order chi connectivity index (χ1) is 11.7. The van der Waals surface area contributed by atoms with E-state index in [1.807, 2.05) is 18.2 Å². The normalized spacial score (nSPS) is 17.0. The third-order valence-corrected chi connectivity index (χ3v) is 5.08. The lowest BCUT2D eigenvalue weighted by atomic mass is 9.71. The Morgan fingerprint density at radius 3 is 2.36 bits per heavy atom. The molecule has 1 N–H and O–H groups in total. The summed E-state index contributed by atoms with van der Waals surface area (Å²) in [6.45, 7) is 6.27. The van der Waals surface area contributed by atoms with Gasteiger partial charge in [0.25, 0.3) is 0 Å². The zero-order valence-corrected chi connectivity index (χ0v) is 15.6. The standard InChI is InChI=1S/C20H29NO4/c1-19(2,3)14-8-9-16(25-4)15(12-14)21-17(22)13-20(18(23)24)10-6-5-7-11-20/h8-9,12H,5-7,10-11,13H2,1-4H3,(H,21,22)(H,23,24)/p-1. The second-order valence-electron chi connectivity index (χ2n) is 8.02. The molecule has 0 spiro atoms. The fourth-order valence-electron chi connectivity index (χ4n) is 3.46. The van der Waals surface area contributed by atoms with E-state index in [9.17, 15) is 14.7 Å². The Balaban J connectivity index is 2.20. The Hall–Kier alpha value is -2.04. The minimum atomic E-state index is -1.11. The summed E-state index contributed by atoms with van der Waals surface area (Å²) < 4.78 is 5.33. The van der Waals surface area contributed by atoms with Crippen LogP contribution in [0.2, 0.25) is 0 Å². The van der Waals surface area contributed by atoms with Gasteiger partial charge in [-0.05, 0) is 36.0 Å². The first-order valence-corrected chi connectivity index (χ1v) is 8.88. The average molecular weight is 346 g/mol. The maximum absolute atomic E-state index is 12.6. The maximum Gasteiger partial charge on any atom is 0.225 e. The molecule has 138 valence electrons. The van der Waals surface area contributed by atoms with Gasteiger partial charge in [-0.15, -0.1) is 0 Å². The molecule has 0 bridgehead atoms. The monoisotopic (exact) mass is 346 g/mol. The summed E-state index contributed by atoms with van der Waals surface area (Å²) in [5.74, 6) is -0.860. The molecule has 5 heteroatoms. The van der Waals surface area contributed by atoms with Crippen molar-refractivity contribution in [2.75, 3.05) is 12.4 Å². The lowest BCUT2D eigenvalue weighted by Crippen LogP contribution is -2.45. The average Bonchev–Trinajstić information content (AvgIpc) is 2.54. The Kier molecular flexibility index (Phi) is 5.76. The van der Waals surface area contributed by atoms with Crippen LogP contribution < -0.4 is 15.2 Å². The van der Waals surface area contributed by atoms with Crippen molar-refractivity contribution >= 4 is 17.6 Å². The predicted molar refractivity (Wildman–Crippen MR) is 95.5 cm³/mol. The highest BCUT2D eigenvalue weighted by atomic mass is 16.5. The summed E-state index contributed by atoms with van der Waals surface area (Å²) in [7, 11) is 1.55. The molecule has 0 heterocycles. The second-order valence-corrected chi connectivity index (χ2v) is 8.02. The molecule has 25 heavy (non-hydrogen) atoms. The third-order valence-electron chi connectivity index (χ3n) is 5.08. The van der Waals surface area contributed by atoms with Gasteiger partial charge in [-0.2, -0.15) is 0 Å². The first-order valence-electron chi connectivity index (χ1n) is 8.88. The molecule has 1 aromatic carbocycles. The van der Waals surface area contributed by atoms with Crippen LogP contribution in [0.5, 0.6) is 5.75 Å². The van der Waals surface area contributed by atoms with Crippen molar-refractivity contribution in [1.82, 2.24) is 0 Å². The van der Waals surface area contributed by atoms with Gasteiger partial charge < -0.3 is 20.0 Å². The largest absolute Gasteiger partial charge is 0.550 e. The summed E-state index contributed by atoms with van der Waals surface area (Å²) in [5, 5.41) is 14.5. The van der Waals surface area contributed by atoms with Crippen molar-refractivity contribution in [1.29, 1.82) is 0 Å². The molecule has 1 saturated carbocycles. The van der Waals surface area contributed by atoms with E-state index in [-0.39, 0.29) is 17.7 Å². The number of nitrogens with one attached hydrogen (secondary N) is 1. The molecule has 0 aliphatic heterocycles. The molecule has 5 nitrogen and oxygen atoms in total. The molecule has 1 aromatic rings. The zero-order valence-electron chi connectivity index (χ0n) is 15.6. The van der Waals surface area contributed by atoms with Gasteiger partial charge in [-0.1, -0.05) is 46.1 Å². The Morgan fingerprint density at radius 2 is 1.84 bits per heavy atom. The number of carbonyl (C=O) groups is 2. The van der Waals surface area contributed by atoms with Crippen molar-refractivity contribution in [2.24, 2.45) is 5.41 Å². The van der Waals surface area contributed by atoms with Gasteiger partial charge in [0.05, 0.1) is 12.8 Å². The zero-order chi connectivity index (χ0) is 18.7. The molecule has 1 fully saturated rings. The van der Waals surface area contributed by atoms with Crippen molar-refractivity contribution in [3.05, 3.63) is 23.8 Å². The molecular formula is C20H28NO4-. The van der Waals surface area contributed by atoms with Crippen LogP contribution in [0.1, 0.15) is 64.9 Å². The van der Waals surface area contributed by atoms with Crippen molar-refractivity contribution in [3.8, 4) is 5.75 Å². The molecule has 0 radical (unpaired) electrons. The quantitative estimate of drug-likeness (QED) is 0.889. The molecule has 0 aromatic heterocycles. The van der Waals surface area contributed by atoms with Crippen molar-refractivity contribution in [2.45, 2.75) is 64.7 Å². The Bertz CT molecular complexity index is 640.